The molecule has 0 bridgehead atoms. The molecule has 1 saturated carbocycles. The molecule has 12 heavy (non-hydrogen) atoms. The first-order chi connectivity index (χ1) is 5.85. The molecule has 2 rings (SSSR count). The van der Waals surface area contributed by atoms with Crippen molar-refractivity contribution in [1.82, 2.24) is 0 Å². The predicted molar refractivity (Wildman–Crippen MR) is 53.1 cm³/mol. The Morgan fingerprint density at radius 1 is 1.17 bits per heavy atom. The Labute approximate surface area is 76.1 Å². The van der Waals surface area contributed by atoms with E-state index >= 15 is 0 Å². The van der Waals surface area contributed by atoms with Crippen LogP contribution in [0.4, 0.5) is 0 Å². The number of rotatable bonds is 1. The molecule has 0 nitrogen and oxygen atoms in total. The molecule has 68 valence electrons. The summed E-state index contributed by atoms with van der Waals surface area (Å²) in [6.45, 7) is 2.31. The van der Waals surface area contributed by atoms with Crippen molar-refractivity contribution >= 4 is 0 Å². The molecular formula is C12H20. The van der Waals surface area contributed by atoms with Crippen LogP contribution in [0.1, 0.15) is 58.3 Å². The van der Waals surface area contributed by atoms with Gasteiger partial charge in [-0.05, 0) is 43.9 Å². The van der Waals surface area contributed by atoms with Crippen molar-refractivity contribution in [3.05, 3.63) is 11.6 Å². The Bertz CT molecular complexity index is 182. The highest BCUT2D eigenvalue weighted by Gasteiger charge is 2.33. The maximum Gasteiger partial charge on any atom is -0.0115 e. The highest BCUT2D eigenvalue weighted by atomic mass is 14.4. The van der Waals surface area contributed by atoms with Crippen LogP contribution in [0.5, 0.6) is 0 Å². The van der Waals surface area contributed by atoms with Gasteiger partial charge in [0.25, 0.3) is 0 Å². The summed E-state index contributed by atoms with van der Waals surface area (Å²) < 4.78 is 0. The van der Waals surface area contributed by atoms with Gasteiger partial charge in [-0.15, -0.1) is 0 Å². The zero-order valence-corrected chi connectivity index (χ0v) is 8.23. The van der Waals surface area contributed by atoms with Crippen molar-refractivity contribution in [3.8, 4) is 0 Å². The van der Waals surface area contributed by atoms with Crippen LogP contribution in [0.15, 0.2) is 11.6 Å². The second kappa shape index (κ2) is 3.24. The van der Waals surface area contributed by atoms with Crippen molar-refractivity contribution in [3.63, 3.8) is 0 Å². The third-order valence-corrected chi connectivity index (χ3v) is 3.74. The standard InChI is InChI=1S/C12H20/c1-2-11-6-5-9-12(10-11)7-3-4-8-12/h10H,2-9H2,1H3. The van der Waals surface area contributed by atoms with Crippen LogP contribution in [0.25, 0.3) is 0 Å². The van der Waals surface area contributed by atoms with Crippen molar-refractivity contribution in [2.24, 2.45) is 5.41 Å². The van der Waals surface area contributed by atoms with Gasteiger partial charge in [-0.25, -0.2) is 0 Å². The molecule has 1 spiro atoms. The van der Waals surface area contributed by atoms with Crippen molar-refractivity contribution in [2.75, 3.05) is 0 Å². The fraction of sp³-hybridized carbons (Fsp3) is 0.833. The zero-order chi connectivity index (χ0) is 8.44. The first kappa shape index (κ1) is 8.34. The van der Waals surface area contributed by atoms with Gasteiger partial charge in [0.15, 0.2) is 0 Å². The summed E-state index contributed by atoms with van der Waals surface area (Å²) in [6, 6.07) is 0. The van der Waals surface area contributed by atoms with Crippen LogP contribution in [-0.2, 0) is 0 Å². The van der Waals surface area contributed by atoms with E-state index in [1.54, 1.807) is 5.57 Å². The van der Waals surface area contributed by atoms with Crippen molar-refractivity contribution in [1.29, 1.82) is 0 Å². The van der Waals surface area contributed by atoms with E-state index in [9.17, 15) is 0 Å². The average molecular weight is 164 g/mol. The van der Waals surface area contributed by atoms with Gasteiger partial charge in [0.1, 0.15) is 0 Å². The fourth-order valence-electron chi connectivity index (χ4n) is 3.00. The van der Waals surface area contributed by atoms with Crippen LogP contribution in [0.3, 0.4) is 0 Å². The Balaban J connectivity index is 2.14. The largest absolute Gasteiger partial charge is 0.0791 e. The van der Waals surface area contributed by atoms with E-state index < -0.39 is 0 Å². The first-order valence-corrected chi connectivity index (χ1v) is 5.55. The first-order valence-electron chi connectivity index (χ1n) is 5.55. The normalized spacial score (nSPS) is 27.6. The summed E-state index contributed by atoms with van der Waals surface area (Å²) in [7, 11) is 0. The summed E-state index contributed by atoms with van der Waals surface area (Å²) in [5, 5.41) is 0. The summed E-state index contributed by atoms with van der Waals surface area (Å²) in [5.41, 5.74) is 2.42. The Kier molecular flexibility index (Phi) is 2.25. The quantitative estimate of drug-likeness (QED) is 0.512. The van der Waals surface area contributed by atoms with Gasteiger partial charge in [-0.1, -0.05) is 31.4 Å². The van der Waals surface area contributed by atoms with Gasteiger partial charge in [0, 0.05) is 0 Å². The van der Waals surface area contributed by atoms with E-state index in [4.69, 9.17) is 0 Å². The van der Waals surface area contributed by atoms with Crippen molar-refractivity contribution < 1.29 is 0 Å². The van der Waals surface area contributed by atoms with E-state index in [-0.39, 0.29) is 0 Å². The van der Waals surface area contributed by atoms with Crippen LogP contribution >= 0.6 is 0 Å². The lowest BCUT2D eigenvalue weighted by Gasteiger charge is -2.31. The highest BCUT2D eigenvalue weighted by Crippen LogP contribution is 2.47. The molecule has 0 aliphatic heterocycles. The molecule has 0 aromatic carbocycles. The molecule has 0 heterocycles. The maximum absolute atomic E-state index is 2.64. The molecule has 0 atom stereocenters. The minimum absolute atomic E-state index is 0.684. The van der Waals surface area contributed by atoms with Gasteiger partial charge in [0.05, 0.1) is 0 Å². The lowest BCUT2D eigenvalue weighted by atomic mass is 9.75. The second-order valence-electron chi connectivity index (χ2n) is 4.58. The second-order valence-corrected chi connectivity index (χ2v) is 4.58. The Hall–Kier alpha value is -0.260. The van der Waals surface area contributed by atoms with E-state index in [0.29, 0.717) is 5.41 Å². The monoisotopic (exact) mass is 164 g/mol. The molecule has 0 heteroatoms. The molecule has 0 aromatic rings. The Morgan fingerprint density at radius 2 is 1.83 bits per heavy atom. The Morgan fingerprint density at radius 3 is 2.50 bits per heavy atom. The maximum atomic E-state index is 2.64. The summed E-state index contributed by atoms with van der Waals surface area (Å²) in [6.07, 6.45) is 14.2. The van der Waals surface area contributed by atoms with E-state index in [0.717, 1.165) is 0 Å². The molecular weight excluding hydrogens is 144 g/mol. The SMILES string of the molecule is CCC1=CC2(CCCC2)CCC1. The minimum Gasteiger partial charge on any atom is -0.0791 e. The molecule has 2 aliphatic carbocycles. The van der Waals surface area contributed by atoms with Crippen LogP contribution in [-0.4, -0.2) is 0 Å². The summed E-state index contributed by atoms with van der Waals surface area (Å²) in [4.78, 5) is 0. The number of allylic oxidation sites excluding steroid dienone is 2. The van der Waals surface area contributed by atoms with Gasteiger partial charge in [0.2, 0.25) is 0 Å². The minimum atomic E-state index is 0.684. The number of hydrogen-bond donors (Lipinski definition) is 0. The van der Waals surface area contributed by atoms with Crippen LogP contribution in [0, 0.1) is 5.41 Å². The third-order valence-electron chi connectivity index (χ3n) is 3.74. The van der Waals surface area contributed by atoms with Crippen molar-refractivity contribution in [2.45, 2.75) is 58.3 Å². The van der Waals surface area contributed by atoms with Crippen LogP contribution in [0.2, 0.25) is 0 Å². The lowest BCUT2D eigenvalue weighted by molar-refractivity contribution is 0.331. The molecule has 0 aromatic heterocycles. The highest BCUT2D eigenvalue weighted by molar-refractivity contribution is 5.14. The molecule has 0 unspecified atom stereocenters. The summed E-state index contributed by atoms with van der Waals surface area (Å²) in [5.74, 6) is 0. The van der Waals surface area contributed by atoms with Crippen LogP contribution < -0.4 is 0 Å². The van der Waals surface area contributed by atoms with E-state index in [1.807, 2.05) is 0 Å². The lowest BCUT2D eigenvalue weighted by Crippen LogP contribution is -2.17. The molecule has 0 saturated heterocycles. The topological polar surface area (TPSA) is 0 Å². The molecule has 0 amide bonds. The van der Waals surface area contributed by atoms with Gasteiger partial charge >= 0.3 is 0 Å². The van der Waals surface area contributed by atoms with Gasteiger partial charge < -0.3 is 0 Å². The third kappa shape index (κ3) is 1.44. The fourth-order valence-corrected chi connectivity index (χ4v) is 3.00. The molecule has 0 radical (unpaired) electrons. The molecule has 1 fully saturated rings. The van der Waals surface area contributed by atoms with Gasteiger partial charge in [-0.2, -0.15) is 0 Å². The van der Waals surface area contributed by atoms with Gasteiger partial charge in [-0.3, -0.25) is 0 Å². The summed E-state index contributed by atoms with van der Waals surface area (Å²) >= 11 is 0. The van der Waals surface area contributed by atoms with E-state index in [1.165, 1.54) is 51.4 Å². The average Bonchev–Trinajstić information content (AvgIpc) is 2.53. The number of hydrogen-bond acceptors (Lipinski definition) is 0. The molecule has 2 aliphatic rings. The van der Waals surface area contributed by atoms with E-state index in [2.05, 4.69) is 13.0 Å². The molecule has 0 N–H and O–H groups in total. The zero-order valence-electron chi connectivity index (χ0n) is 8.23. The smallest absolute Gasteiger partial charge is 0.0115 e. The predicted octanol–water partition coefficient (Wildman–Crippen LogP) is 4.07.